The molecule has 0 radical (unpaired) electrons. The quantitative estimate of drug-likeness (QED) is 0.503. The zero-order chi connectivity index (χ0) is 20.0. The maximum absolute atomic E-state index is 12.6. The summed E-state index contributed by atoms with van der Waals surface area (Å²) in [7, 11) is 0. The second kappa shape index (κ2) is 6.43. The number of amides is 1. The number of benzene rings is 3. The van der Waals surface area contributed by atoms with Crippen LogP contribution in [0.5, 0.6) is 0 Å². The minimum atomic E-state index is -1.40. The average molecular weight is 378 g/mol. The van der Waals surface area contributed by atoms with Crippen molar-refractivity contribution in [3.63, 3.8) is 0 Å². The fourth-order valence-corrected chi connectivity index (χ4v) is 3.80. The summed E-state index contributed by atoms with van der Waals surface area (Å²) in [6.07, 6.45) is 0. The van der Waals surface area contributed by atoms with E-state index in [-0.39, 0.29) is 5.35 Å². The molecular weight excluding hydrogens is 364 g/mol. The Labute approximate surface area is 164 Å². The van der Waals surface area contributed by atoms with Crippen LogP contribution in [0.4, 0.5) is 5.69 Å². The van der Waals surface area contributed by atoms with Crippen LogP contribution in [0, 0.1) is 27.8 Å². The van der Waals surface area contributed by atoms with Crippen LogP contribution >= 0.6 is 0 Å². The van der Waals surface area contributed by atoms with Gasteiger partial charge in [0, 0.05) is 16.3 Å². The van der Waals surface area contributed by atoms with Crippen molar-refractivity contribution in [2.45, 2.75) is 0 Å². The van der Waals surface area contributed by atoms with Crippen molar-refractivity contribution in [3.05, 3.63) is 82.6 Å². The van der Waals surface area contributed by atoms with Crippen molar-refractivity contribution in [1.82, 2.24) is 10.2 Å². The lowest BCUT2D eigenvalue weighted by Crippen LogP contribution is -2.27. The zero-order valence-electron chi connectivity index (χ0n) is 15.1. The molecule has 0 spiro atoms. The van der Waals surface area contributed by atoms with Crippen LogP contribution in [0.2, 0.25) is 0 Å². The van der Waals surface area contributed by atoms with Crippen molar-refractivity contribution in [3.8, 4) is 6.07 Å². The zero-order valence-corrected chi connectivity index (χ0v) is 15.1. The molecular formula is C23H14N4O2. The van der Waals surface area contributed by atoms with E-state index in [1.807, 2.05) is 48.5 Å². The Morgan fingerprint density at radius 3 is 2.41 bits per heavy atom. The normalized spacial score (nSPS) is 13.5. The molecule has 0 saturated carbocycles. The fourth-order valence-electron chi connectivity index (χ4n) is 3.80. The van der Waals surface area contributed by atoms with Gasteiger partial charge in [-0.25, -0.2) is 0 Å². The lowest BCUT2D eigenvalue weighted by molar-refractivity contribution is -0.117. The Balaban J connectivity index is 1.72. The summed E-state index contributed by atoms with van der Waals surface area (Å²) in [5.41, 5.74) is 0.543. The van der Waals surface area contributed by atoms with Gasteiger partial charge in [-0.05, 0) is 28.3 Å². The van der Waals surface area contributed by atoms with E-state index in [9.17, 15) is 15.2 Å². The number of aromatic nitrogens is 2. The molecule has 5 rings (SSSR count). The number of nitrogens with one attached hydrogen (secondary N) is 1. The van der Waals surface area contributed by atoms with Gasteiger partial charge in [0.1, 0.15) is 16.5 Å². The molecule has 138 valence electrons. The molecule has 1 heterocycles. The highest BCUT2D eigenvalue weighted by Crippen LogP contribution is 2.29. The first-order valence-corrected chi connectivity index (χ1v) is 9.06. The minimum Gasteiger partial charge on any atom is -0.508 e. The van der Waals surface area contributed by atoms with Crippen LogP contribution in [0.25, 0.3) is 27.3 Å². The van der Waals surface area contributed by atoms with Crippen LogP contribution in [0.3, 0.4) is 0 Å². The first-order chi connectivity index (χ1) is 14.2. The second-order valence-electron chi connectivity index (χ2n) is 6.78. The van der Waals surface area contributed by atoms with Crippen molar-refractivity contribution < 1.29 is 9.90 Å². The molecule has 0 fully saturated rings. The van der Waals surface area contributed by atoms with Gasteiger partial charge >= 0.3 is 0 Å². The van der Waals surface area contributed by atoms with Crippen LogP contribution < -0.4 is 10.7 Å². The summed E-state index contributed by atoms with van der Waals surface area (Å²) in [6.45, 7) is 0. The van der Waals surface area contributed by atoms with E-state index in [1.54, 1.807) is 24.3 Å². The van der Waals surface area contributed by atoms with Gasteiger partial charge in [-0.3, -0.25) is 4.79 Å². The summed E-state index contributed by atoms with van der Waals surface area (Å²) in [6, 6.07) is 22.4. The summed E-state index contributed by atoms with van der Waals surface area (Å²) in [5, 5.41) is 36.8. The highest BCUT2D eigenvalue weighted by Gasteiger charge is 2.25. The third-order valence-corrected chi connectivity index (χ3v) is 5.10. The van der Waals surface area contributed by atoms with E-state index >= 15 is 0 Å². The number of nitrogens with zero attached hydrogens (tertiary/aromatic N) is 3. The van der Waals surface area contributed by atoms with Gasteiger partial charge in [0.15, 0.2) is 5.92 Å². The monoisotopic (exact) mass is 378 g/mol. The second-order valence-corrected chi connectivity index (χ2v) is 6.78. The van der Waals surface area contributed by atoms with E-state index in [0.29, 0.717) is 16.3 Å². The standard InChI is InChI=1S/C23H14N4O2/c24-12-17(23(29)25-14-8-2-1-3-9-14)22(28)21-19-15-10-4-6-13-7-5-11-16(18(13)15)20(19)26-27-21/h1-11,17,28H,(H,25,29). The lowest BCUT2D eigenvalue weighted by Gasteiger charge is -2.09. The maximum Gasteiger partial charge on any atom is 0.249 e. The summed E-state index contributed by atoms with van der Waals surface area (Å²) >= 11 is 0. The van der Waals surface area contributed by atoms with Crippen molar-refractivity contribution >= 4 is 38.9 Å². The van der Waals surface area contributed by atoms with E-state index in [4.69, 9.17) is 0 Å². The number of fused-ring (bicyclic) bond motifs is 2. The number of aliphatic hydroxyl groups excluding tert-OH is 1. The van der Waals surface area contributed by atoms with E-state index in [0.717, 1.165) is 21.5 Å². The van der Waals surface area contributed by atoms with Gasteiger partial charge in [0.05, 0.1) is 6.07 Å². The Hall–Kier alpha value is -4.24. The molecule has 29 heavy (non-hydrogen) atoms. The molecule has 2 aliphatic rings. The molecule has 1 atom stereocenters. The number of para-hydroxylation sites is 1. The molecule has 0 bridgehead atoms. The molecule has 1 amide bonds. The lowest BCUT2D eigenvalue weighted by atomic mass is 10.1. The number of nitriles is 1. The molecule has 3 aromatic rings. The first-order valence-electron chi connectivity index (χ1n) is 9.06. The topological polar surface area (TPSA) is 98.9 Å². The number of carbonyl (C=O) groups is 1. The van der Waals surface area contributed by atoms with Crippen LogP contribution in [-0.2, 0) is 4.79 Å². The summed E-state index contributed by atoms with van der Waals surface area (Å²) in [5.74, 6) is -2.43. The maximum atomic E-state index is 12.6. The minimum absolute atomic E-state index is 0.165. The van der Waals surface area contributed by atoms with Crippen LogP contribution in [0.1, 0.15) is 0 Å². The SMILES string of the molecule is N#CC(C(=O)Nc1ccccc1)C(O)=c1nnc2c3cccc4cccc(c1=2)c43. The number of hydrogen-bond donors (Lipinski definition) is 2. The molecule has 0 aromatic heterocycles. The Bertz CT molecular complexity index is 1520. The first kappa shape index (κ1) is 16.9. The van der Waals surface area contributed by atoms with Gasteiger partial charge in [-0.2, -0.15) is 5.26 Å². The Morgan fingerprint density at radius 1 is 0.966 bits per heavy atom. The van der Waals surface area contributed by atoms with Crippen molar-refractivity contribution in [1.29, 1.82) is 5.26 Å². The predicted octanol–water partition coefficient (Wildman–Crippen LogP) is 3.11. The van der Waals surface area contributed by atoms with E-state index < -0.39 is 17.6 Å². The largest absolute Gasteiger partial charge is 0.508 e. The summed E-state index contributed by atoms with van der Waals surface area (Å²) in [4.78, 5) is 12.6. The number of carbonyl (C=O) groups excluding carboxylic acids is 1. The molecule has 1 aliphatic carbocycles. The highest BCUT2D eigenvalue weighted by atomic mass is 16.3. The molecule has 0 saturated heterocycles. The molecule has 2 N–H and O–H groups in total. The number of rotatable bonds is 3. The van der Waals surface area contributed by atoms with Crippen molar-refractivity contribution in [2.75, 3.05) is 5.32 Å². The van der Waals surface area contributed by atoms with Crippen molar-refractivity contribution in [2.24, 2.45) is 5.92 Å². The van der Waals surface area contributed by atoms with Crippen LogP contribution in [-0.4, -0.2) is 21.2 Å². The molecule has 1 aliphatic heterocycles. The highest BCUT2D eigenvalue weighted by molar-refractivity contribution is 6.11. The molecule has 6 heteroatoms. The third-order valence-electron chi connectivity index (χ3n) is 5.10. The van der Waals surface area contributed by atoms with Gasteiger partial charge in [-0.15, -0.1) is 10.2 Å². The van der Waals surface area contributed by atoms with Gasteiger partial charge in [0.25, 0.3) is 0 Å². The van der Waals surface area contributed by atoms with Gasteiger partial charge < -0.3 is 10.4 Å². The van der Waals surface area contributed by atoms with Gasteiger partial charge in [0.2, 0.25) is 5.91 Å². The van der Waals surface area contributed by atoms with Gasteiger partial charge in [-0.1, -0.05) is 54.6 Å². The third kappa shape index (κ3) is 2.52. The van der Waals surface area contributed by atoms with Crippen LogP contribution in [0.15, 0.2) is 66.7 Å². The van der Waals surface area contributed by atoms with E-state index in [2.05, 4.69) is 15.5 Å². The molecule has 1 unspecified atom stereocenters. The number of aliphatic hydroxyl groups is 1. The summed E-state index contributed by atoms with van der Waals surface area (Å²) < 4.78 is 0. The molecule has 6 nitrogen and oxygen atoms in total. The fraction of sp³-hybridized carbons (Fsp3) is 0.0435. The Morgan fingerprint density at radius 2 is 1.69 bits per heavy atom. The molecule has 3 aromatic carbocycles. The average Bonchev–Trinajstić information content (AvgIpc) is 3.31. The number of hydrogen-bond acceptors (Lipinski definition) is 5. The van der Waals surface area contributed by atoms with E-state index in [1.165, 1.54) is 0 Å². The number of anilines is 1. The predicted molar refractivity (Wildman–Crippen MR) is 109 cm³/mol. The Kier molecular flexibility index (Phi) is 3.75. The smallest absolute Gasteiger partial charge is 0.249 e.